The van der Waals surface area contributed by atoms with Crippen molar-refractivity contribution in [2.75, 3.05) is 0 Å². The van der Waals surface area contributed by atoms with E-state index in [1.54, 1.807) is 18.7 Å². The molecule has 0 fully saturated rings. The van der Waals surface area contributed by atoms with Crippen LogP contribution in [0.1, 0.15) is 0 Å². The number of rotatable bonds is 0. The van der Waals surface area contributed by atoms with Crippen molar-refractivity contribution in [1.82, 2.24) is 15.0 Å². The molecule has 0 aliphatic carbocycles. The summed E-state index contributed by atoms with van der Waals surface area (Å²) in [7, 11) is 0. The summed E-state index contributed by atoms with van der Waals surface area (Å²) >= 11 is 0. The molecule has 2 aromatic heterocycles. The molecule has 0 radical (unpaired) electrons. The monoisotopic (exact) mass is 197 g/mol. The number of hydrogen-bond donors (Lipinski definition) is 1. The lowest BCUT2D eigenvalue weighted by molar-refractivity contribution is 1.31. The van der Waals surface area contributed by atoms with Crippen LogP contribution in [0, 0.1) is 0 Å². The summed E-state index contributed by atoms with van der Waals surface area (Å²) in [5, 5.41) is 2.45. The summed E-state index contributed by atoms with van der Waals surface area (Å²) in [6.07, 6.45) is 8.76. The predicted octanol–water partition coefficient (Wildman–Crippen LogP) is 2.64. The number of imidazole rings is 1. The lowest BCUT2D eigenvalue weighted by Gasteiger charge is -1.91. The van der Waals surface area contributed by atoms with Gasteiger partial charge in [0.05, 0.1) is 6.33 Å². The van der Waals surface area contributed by atoms with Gasteiger partial charge in [-0.3, -0.25) is 4.98 Å². The molecule has 0 spiro atoms. The lowest BCUT2D eigenvalue weighted by Crippen LogP contribution is -1.71. The zero-order valence-corrected chi connectivity index (χ0v) is 8.17. The topological polar surface area (TPSA) is 41.6 Å². The molecule has 0 unspecified atom stereocenters. The van der Waals surface area contributed by atoms with Gasteiger partial charge in [-0.05, 0) is 16.8 Å². The summed E-state index contributed by atoms with van der Waals surface area (Å²) in [6, 6.07) is 10.2. The second-order valence-corrected chi connectivity index (χ2v) is 2.98. The van der Waals surface area contributed by atoms with E-state index in [9.17, 15) is 0 Å². The third-order valence-corrected chi connectivity index (χ3v) is 1.96. The molecule has 0 bridgehead atoms. The van der Waals surface area contributed by atoms with Crippen LogP contribution in [0.15, 0.2) is 61.4 Å². The fourth-order valence-corrected chi connectivity index (χ4v) is 1.24. The zero-order valence-electron chi connectivity index (χ0n) is 8.17. The third kappa shape index (κ3) is 2.64. The van der Waals surface area contributed by atoms with Crippen molar-refractivity contribution < 1.29 is 0 Å². The standard InChI is InChI=1S/C9H7N.C3H4N2/c1-2-4-9-7-10-6-5-8(9)3-1;1-2-5-3-4-1/h1-7H;1-3H,(H,4,5). The van der Waals surface area contributed by atoms with Gasteiger partial charge in [0.2, 0.25) is 0 Å². The fourth-order valence-electron chi connectivity index (χ4n) is 1.24. The first-order valence-corrected chi connectivity index (χ1v) is 4.68. The highest BCUT2D eigenvalue weighted by atomic mass is 14.8. The van der Waals surface area contributed by atoms with E-state index in [0.29, 0.717) is 0 Å². The SMILES string of the molecule is c1c[nH]cn1.c1ccc2cnccc2c1. The van der Waals surface area contributed by atoms with Gasteiger partial charge in [-0.2, -0.15) is 0 Å². The Morgan fingerprint density at radius 3 is 2.33 bits per heavy atom. The highest BCUT2D eigenvalue weighted by Gasteiger charge is 1.86. The van der Waals surface area contributed by atoms with Crippen LogP contribution in [0.2, 0.25) is 0 Å². The van der Waals surface area contributed by atoms with E-state index >= 15 is 0 Å². The molecular weight excluding hydrogens is 186 g/mol. The van der Waals surface area contributed by atoms with Gasteiger partial charge in [-0.25, -0.2) is 4.98 Å². The molecule has 0 saturated carbocycles. The van der Waals surface area contributed by atoms with E-state index in [-0.39, 0.29) is 0 Å². The molecule has 1 N–H and O–H groups in total. The minimum Gasteiger partial charge on any atom is -0.351 e. The minimum atomic E-state index is 1.20. The van der Waals surface area contributed by atoms with E-state index in [4.69, 9.17) is 0 Å². The highest BCUT2D eigenvalue weighted by Crippen LogP contribution is 2.09. The highest BCUT2D eigenvalue weighted by molar-refractivity contribution is 5.80. The summed E-state index contributed by atoms with van der Waals surface area (Å²) in [6.45, 7) is 0. The Kier molecular flexibility index (Phi) is 3.07. The van der Waals surface area contributed by atoms with Gasteiger partial charge in [-0.15, -0.1) is 0 Å². The first kappa shape index (κ1) is 9.40. The van der Waals surface area contributed by atoms with Crippen molar-refractivity contribution in [1.29, 1.82) is 0 Å². The van der Waals surface area contributed by atoms with Gasteiger partial charge >= 0.3 is 0 Å². The summed E-state index contributed by atoms with van der Waals surface area (Å²) in [4.78, 5) is 10.4. The van der Waals surface area contributed by atoms with Crippen LogP contribution in [-0.2, 0) is 0 Å². The van der Waals surface area contributed by atoms with Crippen molar-refractivity contribution in [3.05, 3.63) is 61.4 Å². The maximum Gasteiger partial charge on any atom is 0.0919 e. The molecule has 15 heavy (non-hydrogen) atoms. The number of pyridine rings is 1. The fraction of sp³-hybridized carbons (Fsp3) is 0. The molecule has 3 aromatic rings. The van der Waals surface area contributed by atoms with Gasteiger partial charge in [0.15, 0.2) is 0 Å². The lowest BCUT2D eigenvalue weighted by atomic mass is 10.2. The van der Waals surface area contributed by atoms with Gasteiger partial charge in [0, 0.05) is 24.8 Å². The summed E-state index contributed by atoms with van der Waals surface area (Å²) in [5.41, 5.74) is 0. The zero-order chi connectivity index (χ0) is 10.3. The normalized spacial score (nSPS) is 9.33. The summed E-state index contributed by atoms with van der Waals surface area (Å²) < 4.78 is 0. The molecule has 74 valence electrons. The molecule has 0 saturated heterocycles. The Morgan fingerprint density at radius 2 is 1.73 bits per heavy atom. The number of aromatic nitrogens is 3. The number of H-pyrrole nitrogens is 1. The molecule has 3 heteroatoms. The molecule has 0 amide bonds. The maximum atomic E-state index is 4.01. The minimum absolute atomic E-state index is 1.20. The van der Waals surface area contributed by atoms with Gasteiger partial charge < -0.3 is 4.98 Å². The van der Waals surface area contributed by atoms with Crippen molar-refractivity contribution >= 4 is 10.8 Å². The second kappa shape index (κ2) is 4.91. The first-order valence-electron chi connectivity index (χ1n) is 4.68. The second-order valence-electron chi connectivity index (χ2n) is 2.98. The number of nitrogens with one attached hydrogen (secondary N) is 1. The third-order valence-electron chi connectivity index (χ3n) is 1.96. The van der Waals surface area contributed by atoms with Crippen LogP contribution >= 0.6 is 0 Å². The maximum absolute atomic E-state index is 4.01. The molecular formula is C12H11N3. The van der Waals surface area contributed by atoms with Crippen LogP contribution in [-0.4, -0.2) is 15.0 Å². The number of hydrogen-bond acceptors (Lipinski definition) is 2. The largest absolute Gasteiger partial charge is 0.351 e. The number of nitrogens with zero attached hydrogens (tertiary/aromatic N) is 2. The van der Waals surface area contributed by atoms with E-state index in [2.05, 4.69) is 27.1 Å². The van der Waals surface area contributed by atoms with Gasteiger partial charge in [0.1, 0.15) is 0 Å². The molecule has 0 atom stereocenters. The van der Waals surface area contributed by atoms with E-state index < -0.39 is 0 Å². The first-order chi connectivity index (χ1) is 7.47. The number of benzene rings is 1. The molecule has 2 heterocycles. The van der Waals surface area contributed by atoms with Crippen molar-refractivity contribution in [3.63, 3.8) is 0 Å². The van der Waals surface area contributed by atoms with Crippen molar-refractivity contribution in [3.8, 4) is 0 Å². The van der Waals surface area contributed by atoms with Gasteiger partial charge in [-0.1, -0.05) is 24.3 Å². The van der Waals surface area contributed by atoms with Crippen LogP contribution < -0.4 is 0 Å². The van der Waals surface area contributed by atoms with E-state index in [0.717, 1.165) is 0 Å². The molecule has 0 aliphatic rings. The predicted molar refractivity (Wildman–Crippen MR) is 60.3 cm³/mol. The quantitative estimate of drug-likeness (QED) is 0.602. The van der Waals surface area contributed by atoms with Crippen LogP contribution in [0.5, 0.6) is 0 Å². The van der Waals surface area contributed by atoms with Crippen LogP contribution in [0.25, 0.3) is 10.8 Å². The Bertz CT molecular complexity index is 420. The van der Waals surface area contributed by atoms with Gasteiger partial charge in [0.25, 0.3) is 0 Å². The van der Waals surface area contributed by atoms with Crippen LogP contribution in [0.4, 0.5) is 0 Å². The van der Waals surface area contributed by atoms with Crippen LogP contribution in [0.3, 0.4) is 0 Å². The smallest absolute Gasteiger partial charge is 0.0919 e. The Hall–Kier alpha value is -2.16. The van der Waals surface area contributed by atoms with Crippen molar-refractivity contribution in [2.24, 2.45) is 0 Å². The Balaban J connectivity index is 0.000000144. The Morgan fingerprint density at radius 1 is 0.867 bits per heavy atom. The number of aromatic amines is 1. The summed E-state index contributed by atoms with van der Waals surface area (Å²) in [5.74, 6) is 0. The molecule has 3 nitrogen and oxygen atoms in total. The number of fused-ring (bicyclic) bond motifs is 1. The van der Waals surface area contributed by atoms with E-state index in [1.165, 1.54) is 10.8 Å². The molecule has 1 aromatic carbocycles. The average molecular weight is 197 g/mol. The molecule has 3 rings (SSSR count). The van der Waals surface area contributed by atoms with E-state index in [1.807, 2.05) is 30.6 Å². The van der Waals surface area contributed by atoms with Crippen molar-refractivity contribution in [2.45, 2.75) is 0 Å². The Labute approximate surface area is 87.8 Å². The average Bonchev–Trinajstić information content (AvgIpc) is 2.88. The molecule has 0 aliphatic heterocycles.